The fraction of sp³-hybridized carbons (Fsp3) is 0.364. The number of aliphatic hydroxyl groups is 1. The van der Waals surface area contributed by atoms with Crippen LogP contribution in [0.4, 0.5) is 5.69 Å². The second-order valence-electron chi connectivity index (χ2n) is 3.49. The summed E-state index contributed by atoms with van der Waals surface area (Å²) in [6, 6.07) is 3.51. The van der Waals surface area contributed by atoms with Gasteiger partial charge >= 0.3 is 0 Å². The van der Waals surface area contributed by atoms with Crippen LogP contribution in [0.2, 0.25) is 0 Å². The number of nitrogen functional groups attached to an aromatic ring is 1. The summed E-state index contributed by atoms with van der Waals surface area (Å²) in [5.41, 5.74) is 8.97. The number of pyridine rings is 1. The van der Waals surface area contributed by atoms with Gasteiger partial charge < -0.3 is 15.6 Å². The van der Waals surface area contributed by atoms with Crippen LogP contribution in [0.15, 0.2) is 18.2 Å². The number of hydrogen-bond donors (Lipinski definition) is 2. The minimum atomic E-state index is -0.0815. The molecule has 0 amide bonds. The normalized spacial score (nSPS) is 16.2. The highest BCUT2D eigenvalue weighted by molar-refractivity contribution is 5.66. The first-order valence-corrected chi connectivity index (χ1v) is 4.94. The standard InChI is InChI=1S/C11H14N2O2/c12-9-5-10(7-14)13-11(6-9)8-1-3-15-4-2-8/h1,5-6,14H,2-4,7H2,(H2,12,13). The third-order valence-electron chi connectivity index (χ3n) is 2.36. The summed E-state index contributed by atoms with van der Waals surface area (Å²) in [5, 5.41) is 9.02. The number of nitrogens with two attached hydrogens (primary N) is 1. The van der Waals surface area contributed by atoms with E-state index in [0.29, 0.717) is 18.0 Å². The number of ether oxygens (including phenoxy) is 1. The van der Waals surface area contributed by atoms with Crippen LogP contribution < -0.4 is 5.73 Å². The van der Waals surface area contributed by atoms with E-state index in [1.807, 2.05) is 12.1 Å². The second kappa shape index (κ2) is 4.42. The Morgan fingerprint density at radius 1 is 1.47 bits per heavy atom. The van der Waals surface area contributed by atoms with Crippen LogP contribution in [0, 0.1) is 0 Å². The van der Waals surface area contributed by atoms with Gasteiger partial charge in [-0.2, -0.15) is 0 Å². The first-order chi connectivity index (χ1) is 7.29. The van der Waals surface area contributed by atoms with Gasteiger partial charge in [0, 0.05) is 5.69 Å². The lowest BCUT2D eigenvalue weighted by Crippen LogP contribution is -2.06. The van der Waals surface area contributed by atoms with Crippen LogP contribution >= 0.6 is 0 Å². The molecule has 1 aromatic rings. The molecule has 2 heterocycles. The monoisotopic (exact) mass is 206 g/mol. The highest BCUT2D eigenvalue weighted by atomic mass is 16.5. The lowest BCUT2D eigenvalue weighted by atomic mass is 10.1. The van der Waals surface area contributed by atoms with E-state index in [1.165, 1.54) is 0 Å². The summed E-state index contributed by atoms with van der Waals surface area (Å²) in [6.07, 6.45) is 2.85. The van der Waals surface area contributed by atoms with Crippen LogP contribution in [-0.4, -0.2) is 23.3 Å². The van der Waals surface area contributed by atoms with Gasteiger partial charge in [-0.25, -0.2) is 0 Å². The highest BCUT2D eigenvalue weighted by Crippen LogP contribution is 2.21. The van der Waals surface area contributed by atoms with E-state index < -0.39 is 0 Å². The predicted octanol–water partition coefficient (Wildman–Crippen LogP) is 0.960. The predicted molar refractivity (Wildman–Crippen MR) is 58.0 cm³/mol. The van der Waals surface area contributed by atoms with E-state index in [-0.39, 0.29) is 6.61 Å². The zero-order valence-corrected chi connectivity index (χ0v) is 8.44. The molecule has 0 radical (unpaired) electrons. The summed E-state index contributed by atoms with van der Waals surface area (Å²) < 4.78 is 5.22. The summed E-state index contributed by atoms with van der Waals surface area (Å²) in [7, 11) is 0. The Morgan fingerprint density at radius 2 is 2.33 bits per heavy atom. The summed E-state index contributed by atoms with van der Waals surface area (Å²) in [5.74, 6) is 0. The maximum absolute atomic E-state index is 9.02. The first-order valence-electron chi connectivity index (χ1n) is 4.94. The van der Waals surface area contributed by atoms with Crippen molar-refractivity contribution in [2.45, 2.75) is 13.0 Å². The largest absolute Gasteiger partial charge is 0.399 e. The summed E-state index contributed by atoms with van der Waals surface area (Å²) in [4.78, 5) is 4.32. The molecule has 0 bridgehead atoms. The van der Waals surface area contributed by atoms with Gasteiger partial charge in [-0.1, -0.05) is 6.08 Å². The van der Waals surface area contributed by atoms with Crippen LogP contribution in [0.25, 0.3) is 5.57 Å². The third-order valence-corrected chi connectivity index (χ3v) is 2.36. The van der Waals surface area contributed by atoms with Gasteiger partial charge in [-0.3, -0.25) is 4.98 Å². The second-order valence-corrected chi connectivity index (χ2v) is 3.49. The van der Waals surface area contributed by atoms with Crippen molar-refractivity contribution >= 4 is 11.3 Å². The molecule has 1 aromatic heterocycles. The van der Waals surface area contributed by atoms with Gasteiger partial charge in [0.15, 0.2) is 0 Å². The molecule has 0 saturated heterocycles. The Morgan fingerprint density at radius 3 is 3.00 bits per heavy atom. The quantitative estimate of drug-likeness (QED) is 0.756. The maximum atomic E-state index is 9.02. The molecule has 0 aliphatic carbocycles. The summed E-state index contributed by atoms with van der Waals surface area (Å²) >= 11 is 0. The van der Waals surface area contributed by atoms with Crippen LogP contribution in [0.3, 0.4) is 0 Å². The van der Waals surface area contributed by atoms with E-state index in [9.17, 15) is 0 Å². The van der Waals surface area contributed by atoms with E-state index in [2.05, 4.69) is 4.98 Å². The van der Waals surface area contributed by atoms with E-state index in [1.54, 1.807) is 6.07 Å². The zero-order valence-electron chi connectivity index (χ0n) is 8.44. The van der Waals surface area contributed by atoms with Crippen molar-refractivity contribution in [2.24, 2.45) is 0 Å². The Labute approximate surface area is 88.4 Å². The molecule has 1 aliphatic rings. The fourth-order valence-corrected chi connectivity index (χ4v) is 1.62. The van der Waals surface area contributed by atoms with Crippen molar-refractivity contribution in [3.63, 3.8) is 0 Å². The van der Waals surface area contributed by atoms with E-state index in [4.69, 9.17) is 15.6 Å². The number of hydrogen-bond acceptors (Lipinski definition) is 4. The van der Waals surface area contributed by atoms with Crippen molar-refractivity contribution in [3.05, 3.63) is 29.6 Å². The number of aromatic nitrogens is 1. The highest BCUT2D eigenvalue weighted by Gasteiger charge is 2.09. The van der Waals surface area contributed by atoms with Crippen molar-refractivity contribution in [1.82, 2.24) is 4.98 Å². The Kier molecular flexibility index (Phi) is 2.99. The molecule has 0 fully saturated rings. The molecule has 4 nitrogen and oxygen atoms in total. The molecule has 2 rings (SSSR count). The van der Waals surface area contributed by atoms with Crippen molar-refractivity contribution < 1.29 is 9.84 Å². The van der Waals surface area contributed by atoms with Crippen LogP contribution in [0.1, 0.15) is 17.8 Å². The number of anilines is 1. The van der Waals surface area contributed by atoms with Gasteiger partial charge in [-0.05, 0) is 24.1 Å². The van der Waals surface area contributed by atoms with E-state index >= 15 is 0 Å². The smallest absolute Gasteiger partial charge is 0.0854 e. The molecular formula is C11H14N2O2. The number of aliphatic hydroxyl groups excluding tert-OH is 1. The molecule has 0 saturated carbocycles. The molecule has 4 heteroatoms. The molecule has 0 spiro atoms. The summed E-state index contributed by atoms with van der Waals surface area (Å²) in [6.45, 7) is 1.26. The van der Waals surface area contributed by atoms with Gasteiger partial charge in [0.25, 0.3) is 0 Å². The van der Waals surface area contributed by atoms with Crippen LogP contribution in [0.5, 0.6) is 0 Å². The number of nitrogens with zero attached hydrogens (tertiary/aromatic N) is 1. The first kappa shape index (κ1) is 10.1. The SMILES string of the molecule is Nc1cc(CO)nc(C2=CCOCC2)c1. The zero-order chi connectivity index (χ0) is 10.7. The number of rotatable bonds is 2. The Balaban J connectivity index is 2.34. The van der Waals surface area contributed by atoms with Crippen molar-refractivity contribution in [2.75, 3.05) is 18.9 Å². The molecule has 0 aromatic carbocycles. The minimum absolute atomic E-state index is 0.0815. The van der Waals surface area contributed by atoms with E-state index in [0.717, 1.165) is 24.3 Å². The minimum Gasteiger partial charge on any atom is -0.399 e. The average molecular weight is 206 g/mol. The molecule has 15 heavy (non-hydrogen) atoms. The van der Waals surface area contributed by atoms with Crippen molar-refractivity contribution in [1.29, 1.82) is 0 Å². The topological polar surface area (TPSA) is 68.4 Å². The van der Waals surface area contributed by atoms with Gasteiger partial charge in [0.2, 0.25) is 0 Å². The van der Waals surface area contributed by atoms with Crippen LogP contribution in [-0.2, 0) is 11.3 Å². The molecule has 3 N–H and O–H groups in total. The molecule has 0 unspecified atom stereocenters. The van der Waals surface area contributed by atoms with Gasteiger partial charge in [-0.15, -0.1) is 0 Å². The molecular weight excluding hydrogens is 192 g/mol. The maximum Gasteiger partial charge on any atom is 0.0854 e. The Hall–Kier alpha value is -1.39. The van der Waals surface area contributed by atoms with Gasteiger partial charge in [0.1, 0.15) is 0 Å². The lowest BCUT2D eigenvalue weighted by Gasteiger charge is -2.14. The fourth-order valence-electron chi connectivity index (χ4n) is 1.62. The van der Waals surface area contributed by atoms with Gasteiger partial charge in [0.05, 0.1) is 31.2 Å². The molecule has 80 valence electrons. The molecule has 1 aliphatic heterocycles. The lowest BCUT2D eigenvalue weighted by molar-refractivity contribution is 0.161. The third kappa shape index (κ3) is 2.34. The Bertz CT molecular complexity index is 388. The molecule has 0 atom stereocenters. The average Bonchev–Trinajstić information content (AvgIpc) is 2.29. The van der Waals surface area contributed by atoms with Crippen molar-refractivity contribution in [3.8, 4) is 0 Å².